The predicted molar refractivity (Wildman–Crippen MR) is 97.0 cm³/mol. The van der Waals surface area contributed by atoms with Crippen molar-refractivity contribution in [2.75, 3.05) is 7.11 Å². The maximum atomic E-state index is 12.2. The number of nitrogens with one attached hydrogen (secondary N) is 1. The minimum Gasteiger partial charge on any atom is -0.467 e. The summed E-state index contributed by atoms with van der Waals surface area (Å²) in [4.78, 5) is 24.1. The van der Waals surface area contributed by atoms with E-state index in [1.807, 2.05) is 54.6 Å². The van der Waals surface area contributed by atoms with E-state index < -0.39 is 12.0 Å². The van der Waals surface area contributed by atoms with E-state index in [4.69, 9.17) is 4.74 Å². The summed E-state index contributed by atoms with van der Waals surface area (Å²) in [7, 11) is 1.33. The van der Waals surface area contributed by atoms with Gasteiger partial charge in [-0.3, -0.25) is 4.79 Å². The molecule has 0 spiro atoms. The summed E-state index contributed by atoms with van der Waals surface area (Å²) in [5, 5.41) is 2.77. The van der Waals surface area contributed by atoms with Crippen molar-refractivity contribution in [3.63, 3.8) is 0 Å². The fourth-order valence-corrected chi connectivity index (χ4v) is 2.87. The van der Waals surface area contributed by atoms with Crippen LogP contribution in [-0.4, -0.2) is 25.0 Å². The molecule has 23 heavy (non-hydrogen) atoms. The number of benzene rings is 2. The van der Waals surface area contributed by atoms with Gasteiger partial charge in [-0.1, -0.05) is 42.5 Å². The van der Waals surface area contributed by atoms with Crippen LogP contribution in [0.5, 0.6) is 0 Å². The second-order valence-electron chi connectivity index (χ2n) is 5.14. The van der Waals surface area contributed by atoms with Crippen LogP contribution in [-0.2, 0) is 27.2 Å². The topological polar surface area (TPSA) is 55.4 Å². The third-order valence-electron chi connectivity index (χ3n) is 3.36. The summed E-state index contributed by atoms with van der Waals surface area (Å²) in [5.41, 5.74) is 1.88. The van der Waals surface area contributed by atoms with Crippen LogP contribution >= 0.6 is 22.6 Å². The average Bonchev–Trinajstić information content (AvgIpc) is 2.54. The maximum Gasteiger partial charge on any atom is 0.328 e. The quantitative estimate of drug-likeness (QED) is 0.575. The first-order valence-corrected chi connectivity index (χ1v) is 8.32. The van der Waals surface area contributed by atoms with E-state index in [2.05, 4.69) is 27.9 Å². The van der Waals surface area contributed by atoms with Gasteiger partial charge in [-0.05, 0) is 45.9 Å². The lowest BCUT2D eigenvalue weighted by Gasteiger charge is -2.17. The number of hydrogen-bond acceptors (Lipinski definition) is 3. The number of esters is 1. The summed E-state index contributed by atoms with van der Waals surface area (Å²) in [6.07, 6.45) is 0.644. The molecular formula is C18H18INO3. The molecule has 0 radical (unpaired) electrons. The monoisotopic (exact) mass is 423 g/mol. The van der Waals surface area contributed by atoms with Crippen LogP contribution in [0.1, 0.15) is 11.1 Å². The van der Waals surface area contributed by atoms with E-state index >= 15 is 0 Å². The fourth-order valence-electron chi connectivity index (χ4n) is 2.26. The number of amides is 1. The summed E-state index contributed by atoms with van der Waals surface area (Å²) in [6, 6.07) is 16.6. The molecule has 0 aliphatic carbocycles. The molecular weight excluding hydrogens is 405 g/mol. The van der Waals surface area contributed by atoms with Crippen molar-refractivity contribution in [1.29, 1.82) is 0 Å². The van der Waals surface area contributed by atoms with Crippen molar-refractivity contribution in [3.05, 3.63) is 69.3 Å². The highest BCUT2D eigenvalue weighted by Crippen LogP contribution is 2.11. The van der Waals surface area contributed by atoms with Crippen molar-refractivity contribution in [1.82, 2.24) is 5.32 Å². The molecule has 0 aromatic heterocycles. The molecule has 0 bridgehead atoms. The Hall–Kier alpha value is -1.89. The van der Waals surface area contributed by atoms with Crippen LogP contribution in [0.25, 0.3) is 0 Å². The Bertz CT molecular complexity index is 673. The van der Waals surface area contributed by atoms with Gasteiger partial charge in [0, 0.05) is 9.99 Å². The second kappa shape index (κ2) is 8.67. The highest BCUT2D eigenvalue weighted by atomic mass is 127. The van der Waals surface area contributed by atoms with Crippen molar-refractivity contribution in [2.24, 2.45) is 0 Å². The van der Waals surface area contributed by atoms with Crippen molar-refractivity contribution in [3.8, 4) is 0 Å². The lowest BCUT2D eigenvalue weighted by Crippen LogP contribution is -2.43. The van der Waals surface area contributed by atoms with Crippen LogP contribution in [0.4, 0.5) is 0 Å². The van der Waals surface area contributed by atoms with Gasteiger partial charge in [0.1, 0.15) is 6.04 Å². The largest absolute Gasteiger partial charge is 0.467 e. The minimum atomic E-state index is -0.686. The normalized spacial score (nSPS) is 11.6. The van der Waals surface area contributed by atoms with E-state index in [-0.39, 0.29) is 12.3 Å². The van der Waals surface area contributed by atoms with Gasteiger partial charge in [-0.25, -0.2) is 4.79 Å². The van der Waals surface area contributed by atoms with E-state index in [1.165, 1.54) is 7.11 Å². The molecule has 0 fully saturated rings. The molecule has 2 rings (SSSR count). The SMILES string of the molecule is COC(=O)[C@H](Cc1cccc(I)c1)NC(=O)Cc1ccccc1. The van der Waals surface area contributed by atoms with Gasteiger partial charge in [0.15, 0.2) is 0 Å². The molecule has 1 atom stereocenters. The van der Waals surface area contributed by atoms with Crippen LogP contribution in [0.2, 0.25) is 0 Å². The minimum absolute atomic E-state index is 0.197. The third-order valence-corrected chi connectivity index (χ3v) is 4.03. The maximum absolute atomic E-state index is 12.2. The molecule has 4 nitrogen and oxygen atoms in total. The lowest BCUT2D eigenvalue weighted by molar-refractivity contribution is -0.145. The number of ether oxygens (including phenoxy) is 1. The zero-order valence-corrected chi connectivity index (χ0v) is 14.9. The van der Waals surface area contributed by atoms with Crippen LogP contribution in [0.3, 0.4) is 0 Å². The molecule has 0 heterocycles. The molecule has 1 amide bonds. The Balaban J connectivity index is 2.03. The number of carbonyl (C=O) groups is 2. The molecule has 5 heteroatoms. The van der Waals surface area contributed by atoms with Crippen molar-refractivity contribution in [2.45, 2.75) is 18.9 Å². The molecule has 0 saturated carbocycles. The zero-order valence-electron chi connectivity index (χ0n) is 12.8. The van der Waals surface area contributed by atoms with E-state index in [9.17, 15) is 9.59 Å². The molecule has 120 valence electrons. The second-order valence-corrected chi connectivity index (χ2v) is 6.39. The molecule has 0 unspecified atom stereocenters. The Morgan fingerprint density at radius 1 is 1.09 bits per heavy atom. The third kappa shape index (κ3) is 5.67. The summed E-state index contributed by atoms with van der Waals surface area (Å²) < 4.78 is 5.89. The molecule has 1 N–H and O–H groups in total. The molecule has 0 saturated heterocycles. The summed E-state index contributed by atoms with van der Waals surface area (Å²) >= 11 is 2.22. The van der Waals surface area contributed by atoms with Crippen molar-refractivity contribution >= 4 is 34.5 Å². The van der Waals surface area contributed by atoms with Crippen molar-refractivity contribution < 1.29 is 14.3 Å². The van der Waals surface area contributed by atoms with Crippen LogP contribution in [0.15, 0.2) is 54.6 Å². The highest BCUT2D eigenvalue weighted by Gasteiger charge is 2.22. The smallest absolute Gasteiger partial charge is 0.328 e. The number of rotatable bonds is 6. The van der Waals surface area contributed by atoms with Crippen LogP contribution < -0.4 is 5.32 Å². The first kappa shape index (κ1) is 17.5. The summed E-state index contributed by atoms with van der Waals surface area (Å²) in [6.45, 7) is 0. The number of carbonyl (C=O) groups excluding carboxylic acids is 2. The summed E-state index contributed by atoms with van der Waals surface area (Å²) in [5.74, 6) is -0.637. The first-order chi connectivity index (χ1) is 11.1. The number of hydrogen-bond donors (Lipinski definition) is 1. The molecule has 2 aromatic carbocycles. The van der Waals surface area contributed by atoms with E-state index in [0.29, 0.717) is 6.42 Å². The fraction of sp³-hybridized carbons (Fsp3) is 0.222. The Labute approximate surface area is 149 Å². The number of halogens is 1. The zero-order chi connectivity index (χ0) is 16.7. The van der Waals surface area contributed by atoms with Gasteiger partial charge in [-0.2, -0.15) is 0 Å². The Morgan fingerprint density at radius 3 is 2.43 bits per heavy atom. The van der Waals surface area contributed by atoms with Gasteiger partial charge in [0.05, 0.1) is 13.5 Å². The first-order valence-electron chi connectivity index (χ1n) is 7.24. The van der Waals surface area contributed by atoms with E-state index in [1.54, 1.807) is 0 Å². The number of methoxy groups -OCH3 is 1. The van der Waals surface area contributed by atoms with Gasteiger partial charge in [-0.15, -0.1) is 0 Å². The highest BCUT2D eigenvalue weighted by molar-refractivity contribution is 14.1. The standard InChI is InChI=1S/C18H18INO3/c1-23-18(22)16(11-14-8-5-9-15(19)10-14)20-17(21)12-13-6-3-2-4-7-13/h2-10,16H,11-12H2,1H3,(H,20,21)/t16-/m0/s1. The average molecular weight is 423 g/mol. The predicted octanol–water partition coefficient (Wildman–Crippen LogP) is 2.73. The van der Waals surface area contributed by atoms with Gasteiger partial charge in [0.2, 0.25) is 5.91 Å². The molecule has 2 aromatic rings. The van der Waals surface area contributed by atoms with Gasteiger partial charge < -0.3 is 10.1 Å². The van der Waals surface area contributed by atoms with Gasteiger partial charge >= 0.3 is 5.97 Å². The van der Waals surface area contributed by atoms with Gasteiger partial charge in [0.25, 0.3) is 0 Å². The Kier molecular flexibility index (Phi) is 6.58. The molecule has 0 aliphatic heterocycles. The van der Waals surface area contributed by atoms with E-state index in [0.717, 1.165) is 14.7 Å². The van der Waals surface area contributed by atoms with Crippen LogP contribution in [0, 0.1) is 3.57 Å². The molecule has 0 aliphatic rings. The Morgan fingerprint density at radius 2 is 1.78 bits per heavy atom. The lowest BCUT2D eigenvalue weighted by atomic mass is 10.1.